The molecular weight excluding hydrogens is 140 g/mol. The minimum absolute atomic E-state index is 0.356. The van der Waals surface area contributed by atoms with Crippen molar-refractivity contribution in [2.24, 2.45) is 0 Å². The van der Waals surface area contributed by atoms with E-state index in [0.29, 0.717) is 6.54 Å². The summed E-state index contributed by atoms with van der Waals surface area (Å²) in [5.74, 6) is 1.59. The van der Waals surface area contributed by atoms with E-state index in [1.54, 1.807) is 0 Å². The summed E-state index contributed by atoms with van der Waals surface area (Å²) in [6.07, 6.45) is 4.77. The predicted molar refractivity (Wildman–Crippen MR) is 47.1 cm³/mol. The van der Waals surface area contributed by atoms with Crippen LogP contribution in [0.1, 0.15) is 13.8 Å². The topological polar surface area (TPSA) is 41.1 Å². The molecule has 0 spiro atoms. The van der Waals surface area contributed by atoms with Crippen molar-refractivity contribution in [3.8, 4) is 12.3 Å². The lowest BCUT2D eigenvalue weighted by Gasteiger charge is -1.97. The molecule has 3 heteroatoms. The summed E-state index contributed by atoms with van der Waals surface area (Å²) < 4.78 is 0. The van der Waals surface area contributed by atoms with Crippen LogP contribution >= 0.6 is 0 Å². The lowest BCUT2D eigenvalue weighted by molar-refractivity contribution is -0.115. The van der Waals surface area contributed by atoms with Gasteiger partial charge in [-0.1, -0.05) is 13.8 Å². The van der Waals surface area contributed by atoms with Gasteiger partial charge in [0.1, 0.15) is 0 Å². The molecule has 0 aromatic rings. The fraction of sp³-hybridized carbons (Fsp3) is 0.625. The second-order valence-electron chi connectivity index (χ2n) is 1.50. The third kappa shape index (κ3) is 12.2. The number of carbonyl (C=O) groups is 1. The van der Waals surface area contributed by atoms with E-state index in [2.05, 4.69) is 10.6 Å². The van der Waals surface area contributed by atoms with Crippen LogP contribution < -0.4 is 10.6 Å². The molecule has 0 aliphatic carbocycles. The molecule has 0 unspecified atom stereocenters. The minimum atomic E-state index is -0.356. The second-order valence-corrected chi connectivity index (χ2v) is 1.50. The van der Waals surface area contributed by atoms with Crippen molar-refractivity contribution in [2.45, 2.75) is 13.8 Å². The van der Waals surface area contributed by atoms with Gasteiger partial charge >= 0.3 is 0 Å². The van der Waals surface area contributed by atoms with Crippen LogP contribution in [0.25, 0.3) is 0 Å². The second kappa shape index (κ2) is 11.7. The van der Waals surface area contributed by atoms with E-state index in [0.717, 1.165) is 6.54 Å². The third-order valence-corrected chi connectivity index (χ3v) is 0.792. The summed E-state index contributed by atoms with van der Waals surface area (Å²) in [7, 11) is 1.81. The Balaban J connectivity index is 0. The Bertz CT molecular complexity index is 127. The fourth-order valence-corrected chi connectivity index (χ4v) is 0.352. The number of hydrogen-bond acceptors (Lipinski definition) is 2. The van der Waals surface area contributed by atoms with E-state index < -0.39 is 0 Å². The molecule has 0 heterocycles. The zero-order valence-electron chi connectivity index (χ0n) is 7.40. The van der Waals surface area contributed by atoms with Crippen LogP contribution in [0.15, 0.2) is 0 Å². The van der Waals surface area contributed by atoms with Crippen LogP contribution in [-0.4, -0.2) is 26.0 Å². The Morgan fingerprint density at radius 1 is 1.45 bits per heavy atom. The van der Waals surface area contributed by atoms with E-state index in [1.165, 1.54) is 0 Å². The summed E-state index contributed by atoms with van der Waals surface area (Å²) in [6, 6.07) is 0. The average molecular weight is 156 g/mol. The van der Waals surface area contributed by atoms with Crippen molar-refractivity contribution in [1.29, 1.82) is 0 Å². The molecule has 0 aliphatic rings. The maximum absolute atomic E-state index is 10.3. The molecule has 2 N–H and O–H groups in total. The standard InChI is InChI=1S/C6H10N2O.C2H6/c1-3-6(9)8-5-4-7-2;1-2/h1,7H,4-5H2,2H3,(H,8,9);1-2H3. The monoisotopic (exact) mass is 156 g/mol. The first-order chi connectivity index (χ1) is 5.31. The first-order valence-electron chi connectivity index (χ1n) is 3.70. The largest absolute Gasteiger partial charge is 0.344 e. The SMILES string of the molecule is C#CC(=O)NCCNC.CC. The van der Waals surface area contributed by atoms with Gasteiger partial charge in [-0.05, 0) is 13.0 Å². The Morgan fingerprint density at radius 2 is 2.00 bits per heavy atom. The normalized spacial score (nSPS) is 7.09. The summed E-state index contributed by atoms with van der Waals surface area (Å²) in [5.41, 5.74) is 0. The molecule has 64 valence electrons. The number of likely N-dealkylation sites (N-methyl/N-ethyl adjacent to an activating group) is 1. The molecule has 11 heavy (non-hydrogen) atoms. The summed E-state index contributed by atoms with van der Waals surface area (Å²) in [4.78, 5) is 10.3. The van der Waals surface area contributed by atoms with Crippen molar-refractivity contribution < 1.29 is 4.79 Å². The Labute approximate surface area is 68.6 Å². The Morgan fingerprint density at radius 3 is 2.36 bits per heavy atom. The van der Waals surface area contributed by atoms with Crippen molar-refractivity contribution in [3.63, 3.8) is 0 Å². The Hall–Kier alpha value is -1.01. The molecule has 0 saturated carbocycles. The number of terminal acetylenes is 1. The van der Waals surface area contributed by atoms with Gasteiger partial charge in [0, 0.05) is 13.1 Å². The Kier molecular flexibility index (Phi) is 13.5. The highest BCUT2D eigenvalue weighted by molar-refractivity contribution is 5.92. The predicted octanol–water partition coefficient (Wildman–Crippen LogP) is -0.0186. The van der Waals surface area contributed by atoms with Gasteiger partial charge in [0.15, 0.2) is 0 Å². The van der Waals surface area contributed by atoms with Gasteiger partial charge < -0.3 is 10.6 Å². The quantitative estimate of drug-likeness (QED) is 0.445. The first-order valence-corrected chi connectivity index (χ1v) is 3.70. The van der Waals surface area contributed by atoms with E-state index in [-0.39, 0.29) is 5.91 Å². The molecule has 0 atom stereocenters. The average Bonchev–Trinajstić information content (AvgIpc) is 2.08. The molecule has 0 rings (SSSR count). The molecule has 0 fully saturated rings. The van der Waals surface area contributed by atoms with Gasteiger partial charge in [0.25, 0.3) is 5.91 Å². The molecule has 0 aliphatic heterocycles. The number of rotatable bonds is 3. The molecule has 0 aromatic carbocycles. The van der Waals surface area contributed by atoms with E-state index >= 15 is 0 Å². The molecule has 0 aromatic heterocycles. The number of amides is 1. The fourth-order valence-electron chi connectivity index (χ4n) is 0.352. The van der Waals surface area contributed by atoms with E-state index in [1.807, 2.05) is 26.8 Å². The molecule has 0 saturated heterocycles. The highest BCUT2D eigenvalue weighted by Crippen LogP contribution is 1.58. The van der Waals surface area contributed by atoms with E-state index in [4.69, 9.17) is 6.42 Å². The summed E-state index contributed by atoms with van der Waals surface area (Å²) in [6.45, 7) is 5.33. The van der Waals surface area contributed by atoms with Gasteiger partial charge in [-0.2, -0.15) is 0 Å². The summed E-state index contributed by atoms with van der Waals surface area (Å²) in [5, 5.41) is 5.36. The van der Waals surface area contributed by atoms with Gasteiger partial charge in [-0.25, -0.2) is 0 Å². The van der Waals surface area contributed by atoms with Crippen LogP contribution in [0.2, 0.25) is 0 Å². The molecular formula is C8H16N2O. The summed E-state index contributed by atoms with van der Waals surface area (Å²) >= 11 is 0. The van der Waals surface area contributed by atoms with Crippen molar-refractivity contribution in [1.82, 2.24) is 10.6 Å². The van der Waals surface area contributed by atoms with Gasteiger partial charge in [-0.3, -0.25) is 4.79 Å². The first kappa shape index (κ1) is 12.6. The molecule has 0 radical (unpaired) electrons. The van der Waals surface area contributed by atoms with Crippen LogP contribution in [0.4, 0.5) is 0 Å². The molecule has 1 amide bonds. The number of carbonyl (C=O) groups excluding carboxylic acids is 1. The third-order valence-electron chi connectivity index (χ3n) is 0.792. The minimum Gasteiger partial charge on any atom is -0.344 e. The van der Waals surface area contributed by atoms with Gasteiger partial charge in [0.05, 0.1) is 0 Å². The van der Waals surface area contributed by atoms with Crippen LogP contribution in [0.3, 0.4) is 0 Å². The molecule has 0 bridgehead atoms. The lowest BCUT2D eigenvalue weighted by atomic mass is 10.5. The van der Waals surface area contributed by atoms with Crippen LogP contribution in [0, 0.1) is 12.3 Å². The number of hydrogen-bond donors (Lipinski definition) is 2. The van der Waals surface area contributed by atoms with Gasteiger partial charge in [-0.15, -0.1) is 6.42 Å². The van der Waals surface area contributed by atoms with Gasteiger partial charge in [0.2, 0.25) is 0 Å². The lowest BCUT2D eigenvalue weighted by Crippen LogP contribution is -2.29. The highest BCUT2D eigenvalue weighted by Gasteiger charge is 1.89. The van der Waals surface area contributed by atoms with Crippen molar-refractivity contribution >= 4 is 5.91 Å². The zero-order chi connectivity index (χ0) is 9.11. The smallest absolute Gasteiger partial charge is 0.295 e. The maximum atomic E-state index is 10.3. The van der Waals surface area contributed by atoms with Crippen molar-refractivity contribution in [2.75, 3.05) is 20.1 Å². The molecule has 3 nitrogen and oxygen atoms in total. The number of nitrogens with one attached hydrogen (secondary N) is 2. The van der Waals surface area contributed by atoms with Crippen molar-refractivity contribution in [3.05, 3.63) is 0 Å². The van der Waals surface area contributed by atoms with Crippen LogP contribution in [-0.2, 0) is 4.79 Å². The maximum Gasteiger partial charge on any atom is 0.295 e. The zero-order valence-corrected chi connectivity index (χ0v) is 7.40. The van der Waals surface area contributed by atoms with Crippen LogP contribution in [0.5, 0.6) is 0 Å². The van der Waals surface area contributed by atoms with E-state index in [9.17, 15) is 4.79 Å². The highest BCUT2D eigenvalue weighted by atomic mass is 16.1.